The molecule has 0 aliphatic rings. The van der Waals surface area contributed by atoms with Gasteiger partial charge in [-0.05, 0) is 18.7 Å². The van der Waals surface area contributed by atoms with Crippen LogP contribution in [-0.4, -0.2) is 28.0 Å². The van der Waals surface area contributed by atoms with Gasteiger partial charge >= 0.3 is 0 Å². The first-order chi connectivity index (χ1) is 7.22. The molecule has 1 heterocycles. The molecule has 0 unspecified atom stereocenters. The summed E-state index contributed by atoms with van der Waals surface area (Å²) in [5.74, 6) is 0. The summed E-state index contributed by atoms with van der Waals surface area (Å²) in [6, 6.07) is 5.96. The van der Waals surface area contributed by atoms with Crippen LogP contribution in [0.4, 0.5) is 0 Å². The summed E-state index contributed by atoms with van der Waals surface area (Å²) in [7, 11) is 0. The molecule has 3 nitrogen and oxygen atoms in total. The van der Waals surface area contributed by atoms with E-state index in [0.717, 1.165) is 31.7 Å². The smallest absolute Gasteiger partial charge is 0.0740 e. The zero-order valence-electron chi connectivity index (χ0n) is 9.02. The lowest BCUT2D eigenvalue weighted by atomic mass is 10.3. The van der Waals surface area contributed by atoms with Gasteiger partial charge < -0.3 is 5.73 Å². The zero-order chi connectivity index (χ0) is 11.1. The SMILES string of the molecule is CCN(CCC(N)=S)Cc1ccccn1. The van der Waals surface area contributed by atoms with Gasteiger partial charge in [-0.3, -0.25) is 9.88 Å². The summed E-state index contributed by atoms with van der Waals surface area (Å²) >= 11 is 4.86. The lowest BCUT2D eigenvalue weighted by molar-refractivity contribution is 0.285. The van der Waals surface area contributed by atoms with Crippen molar-refractivity contribution in [1.29, 1.82) is 0 Å². The summed E-state index contributed by atoms with van der Waals surface area (Å²) in [5.41, 5.74) is 6.56. The first-order valence-corrected chi connectivity index (χ1v) is 5.53. The molecule has 0 spiro atoms. The molecule has 82 valence electrons. The highest BCUT2D eigenvalue weighted by atomic mass is 32.1. The van der Waals surface area contributed by atoms with E-state index in [-0.39, 0.29) is 0 Å². The molecule has 0 atom stereocenters. The van der Waals surface area contributed by atoms with E-state index in [2.05, 4.69) is 16.8 Å². The summed E-state index contributed by atoms with van der Waals surface area (Å²) < 4.78 is 0. The van der Waals surface area contributed by atoms with Gasteiger partial charge in [-0.1, -0.05) is 25.2 Å². The molecule has 0 amide bonds. The van der Waals surface area contributed by atoms with Crippen molar-refractivity contribution in [2.24, 2.45) is 5.73 Å². The van der Waals surface area contributed by atoms with Crippen LogP contribution in [0.5, 0.6) is 0 Å². The summed E-state index contributed by atoms with van der Waals surface area (Å²) in [5, 5.41) is 0. The van der Waals surface area contributed by atoms with E-state index in [1.54, 1.807) is 0 Å². The number of nitrogens with two attached hydrogens (primary N) is 1. The number of aromatic nitrogens is 1. The Bertz CT molecular complexity index is 300. The number of nitrogens with zero attached hydrogens (tertiary/aromatic N) is 2. The molecule has 0 aliphatic carbocycles. The molecule has 1 rings (SSSR count). The van der Waals surface area contributed by atoms with Gasteiger partial charge in [-0.15, -0.1) is 0 Å². The molecule has 2 N–H and O–H groups in total. The van der Waals surface area contributed by atoms with Gasteiger partial charge in [0.15, 0.2) is 0 Å². The van der Waals surface area contributed by atoms with Crippen molar-refractivity contribution in [2.45, 2.75) is 19.9 Å². The maximum absolute atomic E-state index is 5.48. The van der Waals surface area contributed by atoms with Gasteiger partial charge in [0.05, 0.1) is 10.7 Å². The van der Waals surface area contributed by atoms with E-state index in [0.29, 0.717) is 4.99 Å². The number of hydrogen-bond donors (Lipinski definition) is 1. The van der Waals surface area contributed by atoms with Crippen LogP contribution in [0.3, 0.4) is 0 Å². The predicted molar refractivity (Wildman–Crippen MR) is 66.6 cm³/mol. The Hall–Kier alpha value is -1.00. The van der Waals surface area contributed by atoms with E-state index in [4.69, 9.17) is 18.0 Å². The largest absolute Gasteiger partial charge is 0.393 e. The van der Waals surface area contributed by atoms with Crippen LogP contribution >= 0.6 is 12.2 Å². The van der Waals surface area contributed by atoms with Crippen LogP contribution < -0.4 is 5.73 Å². The zero-order valence-corrected chi connectivity index (χ0v) is 9.83. The van der Waals surface area contributed by atoms with Crippen molar-refractivity contribution >= 4 is 17.2 Å². The van der Waals surface area contributed by atoms with Crippen molar-refractivity contribution < 1.29 is 0 Å². The third-order valence-electron chi connectivity index (χ3n) is 2.23. The highest BCUT2D eigenvalue weighted by molar-refractivity contribution is 7.80. The monoisotopic (exact) mass is 223 g/mol. The molecule has 0 saturated carbocycles. The summed E-state index contributed by atoms with van der Waals surface area (Å²) in [6.07, 6.45) is 2.59. The Kier molecular flexibility index (Phi) is 5.21. The normalized spacial score (nSPS) is 10.5. The number of pyridine rings is 1. The van der Waals surface area contributed by atoms with Crippen LogP contribution in [0, 0.1) is 0 Å². The van der Waals surface area contributed by atoms with Gasteiger partial charge in [-0.25, -0.2) is 0 Å². The first kappa shape index (κ1) is 12.1. The highest BCUT2D eigenvalue weighted by Crippen LogP contribution is 2.01. The fraction of sp³-hybridized carbons (Fsp3) is 0.455. The first-order valence-electron chi connectivity index (χ1n) is 5.13. The molecular weight excluding hydrogens is 206 g/mol. The molecule has 0 radical (unpaired) electrons. The van der Waals surface area contributed by atoms with Gasteiger partial charge in [0, 0.05) is 25.7 Å². The Balaban J connectivity index is 2.43. The number of hydrogen-bond acceptors (Lipinski definition) is 3. The number of thiocarbonyl (C=S) groups is 1. The van der Waals surface area contributed by atoms with Crippen LogP contribution in [0.25, 0.3) is 0 Å². The molecule has 0 fully saturated rings. The fourth-order valence-electron chi connectivity index (χ4n) is 1.34. The summed E-state index contributed by atoms with van der Waals surface area (Å²) in [4.78, 5) is 7.15. The second kappa shape index (κ2) is 6.48. The second-order valence-corrected chi connectivity index (χ2v) is 3.93. The average molecular weight is 223 g/mol. The third-order valence-corrected chi connectivity index (χ3v) is 2.44. The van der Waals surface area contributed by atoms with Gasteiger partial charge in [0.25, 0.3) is 0 Å². The Morgan fingerprint density at radius 1 is 1.53 bits per heavy atom. The highest BCUT2D eigenvalue weighted by Gasteiger charge is 2.04. The quantitative estimate of drug-likeness (QED) is 0.744. The minimum Gasteiger partial charge on any atom is -0.393 e. The molecule has 15 heavy (non-hydrogen) atoms. The molecule has 1 aromatic heterocycles. The van der Waals surface area contributed by atoms with Crippen molar-refractivity contribution in [3.8, 4) is 0 Å². The van der Waals surface area contributed by atoms with E-state index in [9.17, 15) is 0 Å². The minimum atomic E-state index is 0.578. The van der Waals surface area contributed by atoms with E-state index >= 15 is 0 Å². The molecule has 0 saturated heterocycles. The van der Waals surface area contributed by atoms with Crippen LogP contribution in [0.1, 0.15) is 19.0 Å². The van der Waals surface area contributed by atoms with Gasteiger partial charge in [-0.2, -0.15) is 0 Å². The molecule has 0 aromatic carbocycles. The Morgan fingerprint density at radius 3 is 2.87 bits per heavy atom. The lowest BCUT2D eigenvalue weighted by Crippen LogP contribution is -2.27. The molecular formula is C11H17N3S. The van der Waals surface area contributed by atoms with Crippen molar-refractivity contribution in [3.05, 3.63) is 30.1 Å². The molecule has 0 bridgehead atoms. The fourth-order valence-corrected chi connectivity index (χ4v) is 1.43. The van der Waals surface area contributed by atoms with Gasteiger partial charge in [0.2, 0.25) is 0 Å². The van der Waals surface area contributed by atoms with Crippen LogP contribution in [0.15, 0.2) is 24.4 Å². The minimum absolute atomic E-state index is 0.578. The molecule has 4 heteroatoms. The van der Waals surface area contributed by atoms with Crippen LogP contribution in [0.2, 0.25) is 0 Å². The van der Waals surface area contributed by atoms with Crippen LogP contribution in [-0.2, 0) is 6.54 Å². The van der Waals surface area contributed by atoms with E-state index in [1.807, 2.05) is 24.4 Å². The Morgan fingerprint density at radius 2 is 2.33 bits per heavy atom. The average Bonchev–Trinajstić information content (AvgIpc) is 2.25. The summed E-state index contributed by atoms with van der Waals surface area (Å²) in [6.45, 7) is 4.88. The standard InChI is InChI=1S/C11H17N3S/c1-2-14(8-6-11(12)15)9-10-5-3-4-7-13-10/h3-5,7H,2,6,8-9H2,1H3,(H2,12,15). The lowest BCUT2D eigenvalue weighted by Gasteiger charge is -2.19. The second-order valence-electron chi connectivity index (χ2n) is 3.41. The maximum Gasteiger partial charge on any atom is 0.0740 e. The maximum atomic E-state index is 5.48. The van der Waals surface area contributed by atoms with E-state index in [1.165, 1.54) is 0 Å². The molecule has 1 aromatic rings. The van der Waals surface area contributed by atoms with Gasteiger partial charge in [0.1, 0.15) is 0 Å². The van der Waals surface area contributed by atoms with Crippen molar-refractivity contribution in [1.82, 2.24) is 9.88 Å². The topological polar surface area (TPSA) is 42.1 Å². The van der Waals surface area contributed by atoms with Crippen molar-refractivity contribution in [2.75, 3.05) is 13.1 Å². The molecule has 0 aliphatic heterocycles. The third kappa shape index (κ3) is 4.85. The predicted octanol–water partition coefficient (Wildman–Crippen LogP) is 1.58. The van der Waals surface area contributed by atoms with Crippen molar-refractivity contribution in [3.63, 3.8) is 0 Å². The number of rotatable bonds is 6. The Labute approximate surface area is 96.3 Å². The van der Waals surface area contributed by atoms with E-state index < -0.39 is 0 Å².